The number of aryl methyl sites for hydroxylation is 2. The highest BCUT2D eigenvalue weighted by Crippen LogP contribution is 2.35. The summed E-state index contributed by atoms with van der Waals surface area (Å²) < 4.78 is 0. The lowest BCUT2D eigenvalue weighted by Crippen LogP contribution is -2.02. The number of aromatic nitrogens is 1. The third-order valence-corrected chi connectivity index (χ3v) is 4.67. The van der Waals surface area contributed by atoms with Gasteiger partial charge >= 0.3 is 0 Å². The predicted octanol–water partition coefficient (Wildman–Crippen LogP) is 5.72. The average molecular weight is 316 g/mol. The first-order valence-electron chi connectivity index (χ1n) is 8.49. The molecule has 0 amide bonds. The molecular formula is C22H24N2. The minimum Gasteiger partial charge on any atom is -0.261 e. The number of nitrogens with zero attached hydrogens (tertiary/aromatic N) is 2. The van der Waals surface area contributed by atoms with E-state index in [1.54, 1.807) is 0 Å². The number of aliphatic imine (C=N–C) groups is 1. The summed E-state index contributed by atoms with van der Waals surface area (Å²) in [6.45, 7) is 12.5. The Morgan fingerprint density at radius 2 is 2.08 bits per heavy atom. The minimum absolute atomic E-state index is 0.913. The average Bonchev–Trinajstić information content (AvgIpc) is 3.00. The number of hydrogen-bond donors (Lipinski definition) is 0. The molecule has 0 saturated carbocycles. The number of rotatable bonds is 4. The van der Waals surface area contributed by atoms with Crippen LogP contribution >= 0.6 is 0 Å². The summed E-state index contributed by atoms with van der Waals surface area (Å²) in [6, 6.07) is 8.52. The summed E-state index contributed by atoms with van der Waals surface area (Å²) in [4.78, 5) is 9.28. The van der Waals surface area contributed by atoms with E-state index >= 15 is 0 Å². The summed E-state index contributed by atoms with van der Waals surface area (Å²) >= 11 is 0. The molecule has 0 N–H and O–H groups in total. The molecule has 1 aromatic carbocycles. The van der Waals surface area contributed by atoms with Gasteiger partial charge in [-0.25, -0.2) is 0 Å². The smallest absolute Gasteiger partial charge is 0.0677 e. The molecule has 0 radical (unpaired) electrons. The van der Waals surface area contributed by atoms with Crippen LogP contribution in [0.2, 0.25) is 0 Å². The topological polar surface area (TPSA) is 25.2 Å². The van der Waals surface area contributed by atoms with Gasteiger partial charge in [0.25, 0.3) is 0 Å². The monoisotopic (exact) mass is 316 g/mol. The molecule has 2 heterocycles. The molecule has 0 saturated heterocycles. The third kappa shape index (κ3) is 3.09. The second-order valence-electron chi connectivity index (χ2n) is 6.51. The number of fused-ring (bicyclic) bond motifs is 1. The normalized spacial score (nSPS) is 13.7. The maximum atomic E-state index is 4.92. The Morgan fingerprint density at radius 1 is 1.29 bits per heavy atom. The fraction of sp³-hybridized carbons (Fsp3) is 0.273. The highest BCUT2D eigenvalue weighted by Gasteiger charge is 2.19. The van der Waals surface area contributed by atoms with Crippen LogP contribution in [0.1, 0.15) is 48.7 Å². The molecule has 1 aliphatic rings. The molecular weight excluding hydrogens is 292 g/mol. The number of pyridine rings is 1. The van der Waals surface area contributed by atoms with Gasteiger partial charge in [-0.3, -0.25) is 9.98 Å². The maximum Gasteiger partial charge on any atom is 0.0677 e. The van der Waals surface area contributed by atoms with Crippen LogP contribution in [-0.2, 0) is 12.8 Å². The number of benzene rings is 1. The first-order chi connectivity index (χ1) is 11.5. The zero-order valence-electron chi connectivity index (χ0n) is 15.0. The molecule has 3 rings (SSSR count). The fourth-order valence-electron chi connectivity index (χ4n) is 3.13. The van der Waals surface area contributed by atoms with Gasteiger partial charge in [0.2, 0.25) is 0 Å². The summed E-state index contributed by atoms with van der Waals surface area (Å²) in [5.41, 5.74) is 10.7. The summed E-state index contributed by atoms with van der Waals surface area (Å²) in [7, 11) is 0. The van der Waals surface area contributed by atoms with Crippen LogP contribution in [0.5, 0.6) is 0 Å². The van der Waals surface area contributed by atoms with Gasteiger partial charge in [-0.2, -0.15) is 0 Å². The van der Waals surface area contributed by atoms with Gasteiger partial charge in [-0.15, -0.1) is 0 Å². The lowest BCUT2D eigenvalue weighted by molar-refractivity contribution is 1.10. The third-order valence-electron chi connectivity index (χ3n) is 4.67. The summed E-state index contributed by atoms with van der Waals surface area (Å²) in [6.07, 6.45) is 5.96. The van der Waals surface area contributed by atoms with E-state index in [2.05, 4.69) is 56.6 Å². The molecule has 1 aromatic heterocycles. The van der Waals surface area contributed by atoms with E-state index in [-0.39, 0.29) is 0 Å². The van der Waals surface area contributed by atoms with Crippen molar-refractivity contribution in [1.82, 2.24) is 4.98 Å². The van der Waals surface area contributed by atoms with E-state index in [1.807, 2.05) is 19.2 Å². The maximum absolute atomic E-state index is 4.92. The second kappa shape index (κ2) is 6.56. The first kappa shape index (κ1) is 16.4. The molecule has 0 atom stereocenters. The van der Waals surface area contributed by atoms with E-state index < -0.39 is 0 Å². The van der Waals surface area contributed by atoms with Crippen molar-refractivity contribution in [3.05, 3.63) is 70.6 Å². The minimum atomic E-state index is 0.913. The lowest BCUT2D eigenvalue weighted by atomic mass is 9.94. The van der Waals surface area contributed by atoms with Crippen LogP contribution in [0.3, 0.4) is 0 Å². The van der Waals surface area contributed by atoms with Gasteiger partial charge in [-0.1, -0.05) is 31.2 Å². The molecule has 0 fully saturated rings. The Balaban J connectivity index is 1.98. The van der Waals surface area contributed by atoms with Crippen LogP contribution in [0.15, 0.2) is 47.6 Å². The molecule has 0 bridgehead atoms. The zero-order chi connectivity index (χ0) is 17.3. The number of allylic oxidation sites excluding steroid dienone is 2. The van der Waals surface area contributed by atoms with E-state index in [1.165, 1.54) is 22.3 Å². The van der Waals surface area contributed by atoms with E-state index in [9.17, 15) is 0 Å². The quantitative estimate of drug-likeness (QED) is 0.708. The van der Waals surface area contributed by atoms with Crippen molar-refractivity contribution in [2.75, 3.05) is 0 Å². The Hall–Kier alpha value is -2.48. The van der Waals surface area contributed by atoms with Crippen LogP contribution in [0, 0.1) is 6.92 Å². The molecule has 0 spiro atoms. The van der Waals surface area contributed by atoms with Gasteiger partial charge in [0.05, 0.1) is 5.69 Å². The molecule has 0 unspecified atom stereocenters. The van der Waals surface area contributed by atoms with Gasteiger partial charge < -0.3 is 0 Å². The van der Waals surface area contributed by atoms with Crippen LogP contribution in [-0.4, -0.2) is 10.7 Å². The van der Waals surface area contributed by atoms with Gasteiger partial charge in [0.1, 0.15) is 0 Å². The molecule has 122 valence electrons. The van der Waals surface area contributed by atoms with Gasteiger partial charge in [-0.05, 0) is 73.2 Å². The van der Waals surface area contributed by atoms with Crippen molar-refractivity contribution >= 4 is 23.0 Å². The van der Waals surface area contributed by atoms with E-state index in [0.29, 0.717) is 0 Å². The van der Waals surface area contributed by atoms with Crippen molar-refractivity contribution in [2.24, 2.45) is 4.99 Å². The molecule has 2 nitrogen and oxygen atoms in total. The first-order valence-corrected chi connectivity index (χ1v) is 8.49. The highest BCUT2D eigenvalue weighted by molar-refractivity contribution is 6.09. The zero-order valence-corrected chi connectivity index (χ0v) is 15.0. The van der Waals surface area contributed by atoms with Crippen molar-refractivity contribution in [3.63, 3.8) is 0 Å². The lowest BCUT2D eigenvalue weighted by Gasteiger charge is -2.09. The van der Waals surface area contributed by atoms with Crippen LogP contribution < -0.4 is 0 Å². The Labute approximate surface area is 144 Å². The SMILES string of the molecule is C=C(C)c1cc(CC)c2c(c1)N=C(/C(C)=C/c1cccnc1C)C2. The molecule has 0 aliphatic carbocycles. The Morgan fingerprint density at radius 3 is 2.75 bits per heavy atom. The van der Waals surface area contributed by atoms with Crippen molar-refractivity contribution in [2.45, 2.75) is 40.5 Å². The van der Waals surface area contributed by atoms with Crippen molar-refractivity contribution in [1.29, 1.82) is 0 Å². The predicted molar refractivity (Wildman–Crippen MR) is 104 cm³/mol. The fourth-order valence-corrected chi connectivity index (χ4v) is 3.13. The van der Waals surface area contributed by atoms with E-state index in [4.69, 9.17) is 4.99 Å². The Kier molecular flexibility index (Phi) is 4.48. The standard InChI is InChI=1S/C22H24N2/c1-6-17-11-19(14(2)3)12-22-20(17)13-21(24-22)15(4)10-18-8-7-9-23-16(18)5/h7-12H,2,6,13H2,1,3-5H3/b15-10+. The van der Waals surface area contributed by atoms with Crippen molar-refractivity contribution < 1.29 is 0 Å². The molecule has 2 aromatic rings. The molecule has 1 aliphatic heterocycles. The summed E-state index contributed by atoms with van der Waals surface area (Å²) in [5.74, 6) is 0. The van der Waals surface area contributed by atoms with Gasteiger partial charge in [0.15, 0.2) is 0 Å². The molecule has 24 heavy (non-hydrogen) atoms. The number of hydrogen-bond acceptors (Lipinski definition) is 2. The second-order valence-corrected chi connectivity index (χ2v) is 6.51. The summed E-state index contributed by atoms with van der Waals surface area (Å²) in [5, 5.41) is 0. The van der Waals surface area contributed by atoms with Gasteiger partial charge in [0, 0.05) is 24.0 Å². The highest BCUT2D eigenvalue weighted by atomic mass is 14.8. The largest absolute Gasteiger partial charge is 0.261 e. The molecule has 2 heteroatoms. The Bertz CT molecular complexity index is 870. The van der Waals surface area contributed by atoms with Crippen LogP contribution in [0.25, 0.3) is 11.6 Å². The van der Waals surface area contributed by atoms with Crippen LogP contribution in [0.4, 0.5) is 5.69 Å². The van der Waals surface area contributed by atoms with E-state index in [0.717, 1.165) is 41.1 Å². The van der Waals surface area contributed by atoms with Crippen molar-refractivity contribution in [3.8, 4) is 0 Å².